The molecule has 2 atom stereocenters. The molecule has 2 nitrogen and oxygen atoms in total. The summed E-state index contributed by atoms with van der Waals surface area (Å²) in [6.07, 6.45) is -0.665. The molecule has 0 aliphatic heterocycles. The van der Waals surface area contributed by atoms with Crippen LogP contribution in [0.4, 0.5) is 4.39 Å². The maximum absolute atomic E-state index is 13.1. The summed E-state index contributed by atoms with van der Waals surface area (Å²) in [7, 11) is 0. The van der Waals surface area contributed by atoms with E-state index < -0.39 is 12.1 Å². The Morgan fingerprint density at radius 1 is 1.46 bits per heavy atom. The van der Waals surface area contributed by atoms with E-state index >= 15 is 0 Å². The largest absolute Gasteiger partial charge is 0.391 e. The van der Waals surface area contributed by atoms with Gasteiger partial charge in [0.15, 0.2) is 0 Å². The van der Waals surface area contributed by atoms with Crippen LogP contribution in [0.15, 0.2) is 18.2 Å². The molecule has 0 bridgehead atoms. The van der Waals surface area contributed by atoms with Crippen molar-refractivity contribution in [3.8, 4) is 0 Å². The van der Waals surface area contributed by atoms with Crippen molar-refractivity contribution in [2.24, 2.45) is 5.73 Å². The van der Waals surface area contributed by atoms with Crippen molar-refractivity contribution in [1.82, 2.24) is 0 Å². The van der Waals surface area contributed by atoms with Crippen LogP contribution in [0.3, 0.4) is 0 Å². The molecule has 0 amide bonds. The number of hydrogen-bond donors (Lipinski definition) is 2. The molecule has 1 rings (SSSR count). The van der Waals surface area contributed by atoms with Crippen LogP contribution in [0.1, 0.15) is 24.1 Å². The molecule has 72 valence electrons. The quantitative estimate of drug-likeness (QED) is 0.730. The van der Waals surface area contributed by atoms with Crippen molar-refractivity contribution < 1.29 is 9.50 Å². The fourth-order valence-electron chi connectivity index (χ4n) is 1.09. The molecule has 1 aromatic carbocycles. The molecule has 0 saturated heterocycles. The van der Waals surface area contributed by atoms with Gasteiger partial charge in [0.1, 0.15) is 5.82 Å². The number of aliphatic hydroxyl groups excluding tert-OH is 1. The van der Waals surface area contributed by atoms with Crippen LogP contribution >= 0.6 is 0 Å². The van der Waals surface area contributed by atoms with E-state index in [0.29, 0.717) is 11.1 Å². The van der Waals surface area contributed by atoms with E-state index in [1.54, 1.807) is 26.0 Å². The predicted octanol–water partition coefficient (Wildman–Crippen LogP) is 1.51. The lowest BCUT2D eigenvalue weighted by atomic mass is 10.0. The van der Waals surface area contributed by atoms with Gasteiger partial charge in [-0.05, 0) is 31.0 Å². The standard InChI is InChI=1S/C10H14FNO/c1-6-3-4-8(5-9(6)11)10(12)7(2)13/h3-5,7,10,13H,12H2,1-2H3/t7-,10-/m1/s1. The van der Waals surface area contributed by atoms with Crippen molar-refractivity contribution in [2.45, 2.75) is 26.0 Å². The number of benzene rings is 1. The van der Waals surface area contributed by atoms with E-state index in [9.17, 15) is 9.50 Å². The molecule has 0 aliphatic rings. The van der Waals surface area contributed by atoms with Crippen LogP contribution in [-0.4, -0.2) is 11.2 Å². The Morgan fingerprint density at radius 3 is 2.54 bits per heavy atom. The maximum atomic E-state index is 13.1. The van der Waals surface area contributed by atoms with E-state index in [4.69, 9.17) is 5.73 Å². The molecule has 0 radical (unpaired) electrons. The average Bonchev–Trinajstić information content (AvgIpc) is 2.08. The molecule has 0 spiro atoms. The molecule has 1 aromatic rings. The minimum Gasteiger partial charge on any atom is -0.391 e. The Bertz CT molecular complexity index is 299. The first kappa shape index (κ1) is 10.2. The number of hydrogen-bond acceptors (Lipinski definition) is 2. The fraction of sp³-hybridized carbons (Fsp3) is 0.400. The van der Waals surface area contributed by atoms with Gasteiger partial charge in [0, 0.05) is 0 Å². The van der Waals surface area contributed by atoms with E-state index in [1.165, 1.54) is 6.07 Å². The van der Waals surface area contributed by atoms with E-state index in [-0.39, 0.29) is 5.82 Å². The molecule has 13 heavy (non-hydrogen) atoms. The molecular formula is C10H14FNO. The summed E-state index contributed by atoms with van der Waals surface area (Å²) in [4.78, 5) is 0. The summed E-state index contributed by atoms with van der Waals surface area (Å²) >= 11 is 0. The zero-order chi connectivity index (χ0) is 10.0. The van der Waals surface area contributed by atoms with Crippen molar-refractivity contribution in [1.29, 1.82) is 0 Å². The molecule has 0 heterocycles. The summed E-state index contributed by atoms with van der Waals surface area (Å²) in [6, 6.07) is 4.24. The van der Waals surface area contributed by atoms with Gasteiger partial charge in [0.25, 0.3) is 0 Å². The van der Waals surface area contributed by atoms with Gasteiger partial charge in [0.2, 0.25) is 0 Å². The lowest BCUT2D eigenvalue weighted by Crippen LogP contribution is -2.23. The maximum Gasteiger partial charge on any atom is 0.126 e. The molecule has 0 aliphatic carbocycles. The van der Waals surface area contributed by atoms with Gasteiger partial charge in [-0.2, -0.15) is 0 Å². The van der Waals surface area contributed by atoms with E-state index in [2.05, 4.69) is 0 Å². The summed E-state index contributed by atoms with van der Waals surface area (Å²) in [5, 5.41) is 9.19. The Balaban J connectivity index is 2.97. The summed E-state index contributed by atoms with van der Waals surface area (Å²) < 4.78 is 13.1. The molecule has 0 saturated carbocycles. The third-order valence-corrected chi connectivity index (χ3v) is 2.10. The Labute approximate surface area is 77.2 Å². The Morgan fingerprint density at radius 2 is 2.08 bits per heavy atom. The van der Waals surface area contributed by atoms with Crippen LogP contribution in [0, 0.1) is 12.7 Å². The Kier molecular flexibility index (Phi) is 3.01. The summed E-state index contributed by atoms with van der Waals surface area (Å²) in [5.41, 5.74) is 6.85. The molecule has 3 heteroatoms. The van der Waals surface area contributed by atoms with Crippen LogP contribution in [-0.2, 0) is 0 Å². The van der Waals surface area contributed by atoms with E-state index in [0.717, 1.165) is 0 Å². The highest BCUT2D eigenvalue weighted by molar-refractivity contribution is 5.26. The van der Waals surface area contributed by atoms with Gasteiger partial charge in [-0.25, -0.2) is 4.39 Å². The van der Waals surface area contributed by atoms with Gasteiger partial charge in [-0.1, -0.05) is 12.1 Å². The summed E-state index contributed by atoms with van der Waals surface area (Å²) in [6.45, 7) is 3.27. The topological polar surface area (TPSA) is 46.2 Å². The highest BCUT2D eigenvalue weighted by atomic mass is 19.1. The number of nitrogens with two attached hydrogens (primary N) is 1. The lowest BCUT2D eigenvalue weighted by Gasteiger charge is -2.15. The first-order valence-electron chi connectivity index (χ1n) is 4.22. The van der Waals surface area contributed by atoms with Crippen LogP contribution in [0.25, 0.3) is 0 Å². The number of halogens is 1. The second-order valence-electron chi connectivity index (χ2n) is 3.28. The van der Waals surface area contributed by atoms with Gasteiger partial charge >= 0.3 is 0 Å². The van der Waals surface area contributed by atoms with Gasteiger partial charge in [-0.15, -0.1) is 0 Å². The first-order valence-corrected chi connectivity index (χ1v) is 4.22. The SMILES string of the molecule is Cc1ccc([C@H](N)[C@@H](C)O)cc1F. The molecule has 0 aromatic heterocycles. The smallest absolute Gasteiger partial charge is 0.126 e. The van der Waals surface area contributed by atoms with Gasteiger partial charge < -0.3 is 10.8 Å². The van der Waals surface area contributed by atoms with Crippen LogP contribution in [0.2, 0.25) is 0 Å². The van der Waals surface area contributed by atoms with Crippen molar-refractivity contribution >= 4 is 0 Å². The van der Waals surface area contributed by atoms with Crippen LogP contribution < -0.4 is 5.73 Å². The van der Waals surface area contributed by atoms with Crippen LogP contribution in [0.5, 0.6) is 0 Å². The van der Waals surface area contributed by atoms with Gasteiger partial charge in [-0.3, -0.25) is 0 Å². The second-order valence-corrected chi connectivity index (χ2v) is 3.28. The minimum atomic E-state index is -0.665. The third-order valence-electron chi connectivity index (χ3n) is 2.10. The van der Waals surface area contributed by atoms with Crippen molar-refractivity contribution in [3.63, 3.8) is 0 Å². The zero-order valence-corrected chi connectivity index (χ0v) is 7.79. The fourth-order valence-corrected chi connectivity index (χ4v) is 1.09. The predicted molar refractivity (Wildman–Crippen MR) is 49.7 cm³/mol. The third kappa shape index (κ3) is 2.26. The summed E-state index contributed by atoms with van der Waals surface area (Å²) in [5.74, 6) is -0.284. The second kappa shape index (κ2) is 3.85. The lowest BCUT2D eigenvalue weighted by molar-refractivity contribution is 0.164. The van der Waals surface area contributed by atoms with Crippen molar-refractivity contribution in [2.75, 3.05) is 0 Å². The molecule has 3 N–H and O–H groups in total. The average molecular weight is 183 g/mol. The Hall–Kier alpha value is -0.930. The molecular weight excluding hydrogens is 169 g/mol. The molecule has 0 fully saturated rings. The molecule has 0 unspecified atom stereocenters. The van der Waals surface area contributed by atoms with E-state index in [1.807, 2.05) is 0 Å². The van der Waals surface area contributed by atoms with Crippen molar-refractivity contribution in [3.05, 3.63) is 35.1 Å². The first-order chi connectivity index (χ1) is 6.02. The number of aliphatic hydroxyl groups is 1. The minimum absolute atomic E-state index is 0.284. The highest BCUT2D eigenvalue weighted by Crippen LogP contribution is 2.17. The zero-order valence-electron chi connectivity index (χ0n) is 7.79. The number of aryl methyl sites for hydroxylation is 1. The monoisotopic (exact) mass is 183 g/mol. The highest BCUT2D eigenvalue weighted by Gasteiger charge is 2.12. The van der Waals surface area contributed by atoms with Gasteiger partial charge in [0.05, 0.1) is 12.1 Å². The normalized spacial score (nSPS) is 15.5. The number of rotatable bonds is 2.